The van der Waals surface area contributed by atoms with E-state index in [1.807, 2.05) is 31.2 Å². The fourth-order valence-corrected chi connectivity index (χ4v) is 6.39. The van der Waals surface area contributed by atoms with E-state index in [0.29, 0.717) is 38.6 Å². The average Bonchev–Trinajstić information content (AvgIpc) is 2.96. The zero-order valence-corrected chi connectivity index (χ0v) is 23.8. The maximum Gasteiger partial charge on any atom is 0.317 e. The summed E-state index contributed by atoms with van der Waals surface area (Å²) in [6, 6.07) is 20.2. The van der Waals surface area contributed by atoms with Crippen molar-refractivity contribution in [1.29, 1.82) is 0 Å². The Kier molecular flexibility index (Phi) is 10.3. The number of nitrogens with one attached hydrogen (secondary N) is 3. The molecule has 3 aromatic carbocycles. The number of carbonyl (C=O) groups is 2. The third-order valence-corrected chi connectivity index (χ3v) is 8.98. The number of amides is 1. The van der Waals surface area contributed by atoms with Crippen LogP contribution in [0, 0.1) is 11.7 Å². The molecule has 1 aliphatic carbocycles. The number of halogens is 1. The van der Waals surface area contributed by atoms with E-state index in [9.17, 15) is 22.4 Å². The highest BCUT2D eigenvalue weighted by molar-refractivity contribution is 7.89. The maximum atomic E-state index is 13.2. The van der Waals surface area contributed by atoms with Gasteiger partial charge in [0.1, 0.15) is 5.82 Å². The molecule has 1 amide bonds. The first-order valence-corrected chi connectivity index (χ1v) is 15.3. The molecule has 4 rings (SSSR count). The molecule has 0 saturated heterocycles. The third kappa shape index (κ3) is 8.69. The molecule has 0 bridgehead atoms. The zero-order chi connectivity index (χ0) is 29.4. The van der Waals surface area contributed by atoms with E-state index in [2.05, 4.69) is 15.4 Å². The fourth-order valence-electron chi connectivity index (χ4n) is 5.09. The number of aliphatic carboxylic acids is 1. The lowest BCUT2D eigenvalue weighted by atomic mass is 9.85. The lowest BCUT2D eigenvalue weighted by Gasteiger charge is -2.29. The number of hydrogen-bond donors (Lipinski definition) is 4. The van der Waals surface area contributed by atoms with Crippen LogP contribution < -0.4 is 15.4 Å². The van der Waals surface area contributed by atoms with Gasteiger partial charge in [0.05, 0.1) is 17.5 Å². The Morgan fingerprint density at radius 2 is 1.63 bits per heavy atom. The summed E-state index contributed by atoms with van der Waals surface area (Å²) in [5, 5.41) is 14.6. The molecule has 10 heteroatoms. The summed E-state index contributed by atoms with van der Waals surface area (Å²) in [4.78, 5) is 23.6. The highest BCUT2D eigenvalue weighted by atomic mass is 32.2. The SMILES string of the molecule is C[C@@H](NC(=O)[C@H]1CC[C@H](NS(=O)(=O)c2ccc(-c3cccc(CCNCC(=O)O)c3)cc2)CC1)c1ccc(F)cc1. The van der Waals surface area contributed by atoms with Gasteiger partial charge in [-0.15, -0.1) is 0 Å². The van der Waals surface area contributed by atoms with Gasteiger partial charge in [-0.1, -0.05) is 48.5 Å². The summed E-state index contributed by atoms with van der Waals surface area (Å²) >= 11 is 0. The Morgan fingerprint density at radius 3 is 2.29 bits per heavy atom. The molecular weight excluding hydrogens is 545 g/mol. The topological polar surface area (TPSA) is 125 Å². The summed E-state index contributed by atoms with van der Waals surface area (Å²) in [7, 11) is -3.72. The first kappa shape index (κ1) is 30.4. The summed E-state index contributed by atoms with van der Waals surface area (Å²) in [5.74, 6) is -1.48. The number of hydrogen-bond acceptors (Lipinski definition) is 5. The Bertz CT molecular complexity index is 1440. The van der Waals surface area contributed by atoms with Crippen LogP contribution in [0.25, 0.3) is 11.1 Å². The van der Waals surface area contributed by atoms with Gasteiger partial charge in [0.2, 0.25) is 15.9 Å². The van der Waals surface area contributed by atoms with Crippen LogP contribution in [0.15, 0.2) is 77.7 Å². The third-order valence-electron chi connectivity index (χ3n) is 7.44. The fraction of sp³-hybridized carbons (Fsp3) is 0.355. The molecule has 8 nitrogen and oxygen atoms in total. The molecule has 0 spiro atoms. The molecule has 0 radical (unpaired) electrons. The minimum Gasteiger partial charge on any atom is -0.480 e. The van der Waals surface area contributed by atoms with E-state index in [-0.39, 0.29) is 41.2 Å². The van der Waals surface area contributed by atoms with Crippen LogP contribution in [-0.2, 0) is 26.0 Å². The van der Waals surface area contributed by atoms with Crippen LogP contribution in [0.1, 0.15) is 49.8 Å². The van der Waals surface area contributed by atoms with Gasteiger partial charge < -0.3 is 15.7 Å². The normalized spacial score (nSPS) is 18.0. The molecular formula is C31H36FN3O5S. The smallest absolute Gasteiger partial charge is 0.317 e. The zero-order valence-electron chi connectivity index (χ0n) is 23.0. The number of rotatable bonds is 12. The van der Waals surface area contributed by atoms with Gasteiger partial charge in [-0.2, -0.15) is 0 Å². The van der Waals surface area contributed by atoms with Crippen molar-refractivity contribution in [2.45, 2.75) is 56.0 Å². The molecule has 0 aliphatic heterocycles. The van der Waals surface area contributed by atoms with E-state index < -0.39 is 16.0 Å². The van der Waals surface area contributed by atoms with E-state index >= 15 is 0 Å². The number of benzene rings is 3. The molecule has 218 valence electrons. The quantitative estimate of drug-likeness (QED) is 0.235. The Labute approximate surface area is 240 Å². The first-order valence-electron chi connectivity index (χ1n) is 13.8. The van der Waals surface area contributed by atoms with Gasteiger partial charge in [0.15, 0.2) is 0 Å². The van der Waals surface area contributed by atoms with Crippen LogP contribution in [0.3, 0.4) is 0 Å². The van der Waals surface area contributed by atoms with E-state index in [1.54, 1.807) is 36.4 Å². The molecule has 3 aromatic rings. The van der Waals surface area contributed by atoms with Crippen molar-refractivity contribution in [3.63, 3.8) is 0 Å². The second kappa shape index (κ2) is 13.8. The Hall–Kier alpha value is -3.60. The van der Waals surface area contributed by atoms with Crippen LogP contribution in [0.4, 0.5) is 4.39 Å². The summed E-state index contributed by atoms with van der Waals surface area (Å²) in [6.07, 6.45) is 2.96. The van der Waals surface area contributed by atoms with E-state index in [4.69, 9.17) is 5.11 Å². The standard InChI is InChI=1S/C31H36FN3O5S/c1-21(23-5-11-27(32)12-6-23)34-31(38)25-7-13-28(14-8-25)35-41(39,40)29-15-9-24(10-16-29)26-4-2-3-22(19-26)17-18-33-20-30(36)37/h2-6,9-12,15-16,19,21,25,28,33,35H,7-8,13-14,17-18,20H2,1H3,(H,34,38)(H,36,37)/t21-,25-,28-/m1/s1. The van der Waals surface area contributed by atoms with Gasteiger partial charge in [-0.05, 0) is 92.1 Å². The highest BCUT2D eigenvalue weighted by Gasteiger charge is 2.29. The maximum absolute atomic E-state index is 13.2. The number of carbonyl (C=O) groups excluding carboxylic acids is 1. The predicted molar refractivity (Wildman–Crippen MR) is 155 cm³/mol. The van der Waals surface area contributed by atoms with Gasteiger partial charge in [-0.3, -0.25) is 9.59 Å². The number of sulfonamides is 1. The minimum atomic E-state index is -3.72. The van der Waals surface area contributed by atoms with Crippen molar-refractivity contribution < 1.29 is 27.5 Å². The largest absolute Gasteiger partial charge is 0.480 e. The van der Waals surface area contributed by atoms with Crippen molar-refractivity contribution in [2.24, 2.45) is 5.92 Å². The van der Waals surface area contributed by atoms with Crippen molar-refractivity contribution >= 4 is 21.9 Å². The van der Waals surface area contributed by atoms with Gasteiger partial charge >= 0.3 is 5.97 Å². The number of carboxylic acids is 1. The van der Waals surface area contributed by atoms with Crippen molar-refractivity contribution in [2.75, 3.05) is 13.1 Å². The first-order chi connectivity index (χ1) is 19.6. The van der Waals surface area contributed by atoms with Gasteiger partial charge in [-0.25, -0.2) is 17.5 Å². The van der Waals surface area contributed by atoms with Crippen molar-refractivity contribution in [3.8, 4) is 11.1 Å². The summed E-state index contributed by atoms with van der Waals surface area (Å²) < 4.78 is 42.1. The lowest BCUT2D eigenvalue weighted by molar-refractivity contribution is -0.136. The second-order valence-electron chi connectivity index (χ2n) is 10.5. The van der Waals surface area contributed by atoms with Gasteiger partial charge in [0, 0.05) is 12.0 Å². The van der Waals surface area contributed by atoms with Crippen molar-refractivity contribution in [3.05, 3.63) is 89.7 Å². The lowest BCUT2D eigenvalue weighted by Crippen LogP contribution is -2.41. The van der Waals surface area contributed by atoms with Crippen LogP contribution in [0.5, 0.6) is 0 Å². The molecule has 41 heavy (non-hydrogen) atoms. The average molecular weight is 582 g/mol. The molecule has 4 N–H and O–H groups in total. The molecule has 1 fully saturated rings. The highest BCUT2D eigenvalue weighted by Crippen LogP contribution is 2.28. The number of carboxylic acid groups (broad SMARTS) is 1. The van der Waals surface area contributed by atoms with Gasteiger partial charge in [0.25, 0.3) is 0 Å². The molecule has 0 heterocycles. The second-order valence-corrected chi connectivity index (χ2v) is 12.2. The van der Waals surface area contributed by atoms with E-state index in [0.717, 1.165) is 22.3 Å². The van der Waals surface area contributed by atoms with E-state index in [1.165, 1.54) is 12.1 Å². The molecule has 1 aliphatic rings. The van der Waals surface area contributed by atoms with Crippen LogP contribution in [-0.4, -0.2) is 44.5 Å². The Morgan fingerprint density at radius 1 is 0.951 bits per heavy atom. The molecule has 0 unspecified atom stereocenters. The predicted octanol–water partition coefficient (Wildman–Crippen LogP) is 4.42. The molecule has 1 saturated carbocycles. The Balaban J connectivity index is 1.28. The minimum absolute atomic E-state index is 0.0701. The van der Waals surface area contributed by atoms with Crippen LogP contribution >= 0.6 is 0 Å². The molecule has 1 atom stereocenters. The summed E-state index contributed by atoms with van der Waals surface area (Å²) in [6.45, 7) is 2.31. The summed E-state index contributed by atoms with van der Waals surface area (Å²) in [5.41, 5.74) is 3.70. The monoisotopic (exact) mass is 581 g/mol. The van der Waals surface area contributed by atoms with Crippen LogP contribution in [0.2, 0.25) is 0 Å². The van der Waals surface area contributed by atoms with Crippen molar-refractivity contribution in [1.82, 2.24) is 15.4 Å². The molecule has 0 aromatic heterocycles.